The molecule has 2 heteroatoms. The van der Waals surface area contributed by atoms with E-state index >= 15 is 0 Å². The highest BCUT2D eigenvalue weighted by molar-refractivity contribution is 5.84. The third-order valence-electron chi connectivity index (χ3n) is 2.78. The van der Waals surface area contributed by atoms with E-state index in [0.717, 1.165) is 25.8 Å². The van der Waals surface area contributed by atoms with E-state index in [9.17, 15) is 4.79 Å². The number of ketones is 1. The minimum absolute atomic E-state index is 0.197. The normalized spacial score (nSPS) is 24.4. The Labute approximate surface area is 87.7 Å². The maximum absolute atomic E-state index is 11.7. The van der Waals surface area contributed by atoms with Crippen LogP contribution in [0.1, 0.15) is 46.5 Å². The van der Waals surface area contributed by atoms with E-state index in [2.05, 4.69) is 32.7 Å². The maximum Gasteiger partial charge on any atom is 0.149 e. The first-order valence-corrected chi connectivity index (χ1v) is 5.63. The molecule has 0 aromatic carbocycles. The molecule has 0 heterocycles. The summed E-state index contributed by atoms with van der Waals surface area (Å²) in [6.07, 6.45) is 4.16. The largest absolute Gasteiger partial charge is 0.298 e. The quantitative estimate of drug-likeness (QED) is 0.678. The van der Waals surface area contributed by atoms with Gasteiger partial charge >= 0.3 is 0 Å². The molecule has 0 N–H and O–H groups in total. The van der Waals surface area contributed by atoms with E-state index in [-0.39, 0.29) is 11.5 Å². The van der Waals surface area contributed by atoms with Crippen LogP contribution in [0.2, 0.25) is 0 Å². The smallest absolute Gasteiger partial charge is 0.149 e. The van der Waals surface area contributed by atoms with Crippen LogP contribution in [0.25, 0.3) is 0 Å². The van der Waals surface area contributed by atoms with E-state index in [0.29, 0.717) is 5.78 Å². The van der Waals surface area contributed by atoms with Crippen LogP contribution in [0.3, 0.4) is 0 Å². The van der Waals surface area contributed by atoms with Crippen molar-refractivity contribution in [2.75, 3.05) is 13.6 Å². The Morgan fingerprint density at radius 3 is 2.50 bits per heavy atom. The molecule has 1 rings (SSSR count). The van der Waals surface area contributed by atoms with Crippen molar-refractivity contribution in [1.82, 2.24) is 4.90 Å². The molecule has 0 saturated heterocycles. The third-order valence-corrected chi connectivity index (χ3v) is 2.78. The Balaban J connectivity index is 2.50. The summed E-state index contributed by atoms with van der Waals surface area (Å²) in [7, 11) is 2.08. The lowest BCUT2D eigenvalue weighted by molar-refractivity contribution is -0.126. The molecule has 1 aliphatic rings. The van der Waals surface area contributed by atoms with Crippen LogP contribution in [0.15, 0.2) is 0 Å². The minimum Gasteiger partial charge on any atom is -0.298 e. The number of carbonyl (C=O) groups is 1. The highest BCUT2D eigenvalue weighted by atomic mass is 16.1. The molecule has 0 aromatic rings. The first kappa shape index (κ1) is 11.7. The molecular weight excluding hydrogens is 174 g/mol. The predicted molar refractivity (Wildman–Crippen MR) is 59.3 cm³/mol. The number of Topliss-reactive ketones (excluding diaryl/α,β-unsaturated/α-hetero) is 1. The summed E-state index contributed by atoms with van der Waals surface area (Å²) >= 11 is 0. The van der Waals surface area contributed by atoms with Crippen molar-refractivity contribution >= 4 is 5.78 Å². The zero-order valence-electron chi connectivity index (χ0n) is 9.97. The van der Waals surface area contributed by atoms with E-state index < -0.39 is 0 Å². The molecule has 1 aliphatic carbocycles. The van der Waals surface area contributed by atoms with Gasteiger partial charge in [0.1, 0.15) is 5.78 Å². The third kappa shape index (κ3) is 3.41. The zero-order chi connectivity index (χ0) is 10.8. The summed E-state index contributed by atoms with van der Waals surface area (Å²) in [5, 5.41) is 0. The summed E-state index contributed by atoms with van der Waals surface area (Å²) in [5.74, 6) is 0.447. The van der Waals surface area contributed by atoms with Crippen LogP contribution in [-0.4, -0.2) is 30.3 Å². The standard InChI is InChI=1S/C12H23NO/c1-12(2,3)9-13(4)10-7-5-6-8-11(10)14/h10H,5-9H2,1-4H3. The molecular formula is C12H23NO. The molecule has 0 spiro atoms. The van der Waals surface area contributed by atoms with Gasteiger partial charge in [-0.3, -0.25) is 9.69 Å². The number of hydrogen-bond donors (Lipinski definition) is 0. The predicted octanol–water partition coefficient (Wildman–Crippen LogP) is 2.48. The molecule has 0 amide bonds. The summed E-state index contributed by atoms with van der Waals surface area (Å²) in [5.41, 5.74) is 0.284. The van der Waals surface area contributed by atoms with Gasteiger partial charge in [-0.1, -0.05) is 27.2 Å². The monoisotopic (exact) mass is 197 g/mol. The summed E-state index contributed by atoms with van der Waals surface area (Å²) in [6.45, 7) is 7.66. The minimum atomic E-state index is 0.197. The summed E-state index contributed by atoms with van der Waals surface area (Å²) < 4.78 is 0. The molecule has 0 aromatic heterocycles. The van der Waals surface area contributed by atoms with Gasteiger partial charge in [0, 0.05) is 13.0 Å². The van der Waals surface area contributed by atoms with Gasteiger partial charge in [0.2, 0.25) is 0 Å². The second-order valence-corrected chi connectivity index (χ2v) is 5.70. The fourth-order valence-corrected chi connectivity index (χ4v) is 2.29. The molecule has 0 radical (unpaired) electrons. The number of carbonyl (C=O) groups excluding carboxylic acids is 1. The zero-order valence-corrected chi connectivity index (χ0v) is 9.97. The maximum atomic E-state index is 11.7. The Kier molecular flexibility index (Phi) is 3.71. The Hall–Kier alpha value is -0.370. The number of rotatable bonds is 2. The summed E-state index contributed by atoms with van der Waals surface area (Å²) in [4.78, 5) is 13.9. The van der Waals surface area contributed by atoms with Gasteiger partial charge in [0.25, 0.3) is 0 Å². The van der Waals surface area contributed by atoms with E-state index in [1.54, 1.807) is 0 Å². The second-order valence-electron chi connectivity index (χ2n) is 5.70. The van der Waals surface area contributed by atoms with Gasteiger partial charge in [0.05, 0.1) is 6.04 Å². The molecule has 1 fully saturated rings. The molecule has 0 aliphatic heterocycles. The van der Waals surface area contributed by atoms with E-state index in [1.807, 2.05) is 0 Å². The van der Waals surface area contributed by atoms with E-state index in [1.165, 1.54) is 6.42 Å². The SMILES string of the molecule is CN(CC(C)(C)C)C1CCCCC1=O. The average Bonchev–Trinajstić information content (AvgIpc) is 2.01. The molecule has 1 unspecified atom stereocenters. The van der Waals surface area contributed by atoms with Crippen LogP contribution in [0.4, 0.5) is 0 Å². The summed E-state index contributed by atoms with van der Waals surface area (Å²) in [6, 6.07) is 0.197. The van der Waals surface area contributed by atoms with Crippen molar-refractivity contribution < 1.29 is 4.79 Å². The van der Waals surface area contributed by atoms with Crippen molar-refractivity contribution in [2.24, 2.45) is 5.41 Å². The molecule has 1 saturated carbocycles. The van der Waals surface area contributed by atoms with Crippen molar-refractivity contribution in [1.29, 1.82) is 0 Å². The lowest BCUT2D eigenvalue weighted by Crippen LogP contribution is -2.44. The number of nitrogens with zero attached hydrogens (tertiary/aromatic N) is 1. The molecule has 14 heavy (non-hydrogen) atoms. The van der Waals surface area contributed by atoms with Gasteiger partial charge in [0.15, 0.2) is 0 Å². The van der Waals surface area contributed by atoms with Gasteiger partial charge in [-0.2, -0.15) is 0 Å². The van der Waals surface area contributed by atoms with Gasteiger partial charge in [-0.15, -0.1) is 0 Å². The Bertz CT molecular complexity index is 205. The molecule has 2 nitrogen and oxygen atoms in total. The fourth-order valence-electron chi connectivity index (χ4n) is 2.29. The Morgan fingerprint density at radius 1 is 1.36 bits per heavy atom. The van der Waals surface area contributed by atoms with Crippen molar-refractivity contribution in [3.05, 3.63) is 0 Å². The number of hydrogen-bond acceptors (Lipinski definition) is 2. The average molecular weight is 197 g/mol. The van der Waals surface area contributed by atoms with Crippen molar-refractivity contribution in [3.8, 4) is 0 Å². The van der Waals surface area contributed by atoms with Crippen LogP contribution >= 0.6 is 0 Å². The first-order valence-electron chi connectivity index (χ1n) is 5.63. The van der Waals surface area contributed by atoms with Crippen LogP contribution in [0, 0.1) is 5.41 Å². The van der Waals surface area contributed by atoms with Crippen LogP contribution in [0.5, 0.6) is 0 Å². The van der Waals surface area contributed by atoms with E-state index in [4.69, 9.17) is 0 Å². The highest BCUT2D eigenvalue weighted by Crippen LogP contribution is 2.22. The Morgan fingerprint density at radius 2 is 2.00 bits per heavy atom. The lowest BCUT2D eigenvalue weighted by Gasteiger charge is -2.34. The van der Waals surface area contributed by atoms with Crippen molar-refractivity contribution in [3.63, 3.8) is 0 Å². The van der Waals surface area contributed by atoms with Crippen LogP contribution < -0.4 is 0 Å². The highest BCUT2D eigenvalue weighted by Gasteiger charge is 2.27. The lowest BCUT2D eigenvalue weighted by atomic mass is 9.90. The topological polar surface area (TPSA) is 20.3 Å². The first-order chi connectivity index (χ1) is 6.40. The van der Waals surface area contributed by atoms with Gasteiger partial charge < -0.3 is 0 Å². The molecule has 1 atom stereocenters. The van der Waals surface area contributed by atoms with Gasteiger partial charge in [-0.25, -0.2) is 0 Å². The van der Waals surface area contributed by atoms with Gasteiger partial charge in [-0.05, 0) is 25.3 Å². The second kappa shape index (κ2) is 4.43. The fraction of sp³-hybridized carbons (Fsp3) is 0.917. The molecule has 0 bridgehead atoms. The number of likely N-dealkylation sites (N-methyl/N-ethyl adjacent to an activating group) is 1. The molecule has 82 valence electrons. The van der Waals surface area contributed by atoms with Crippen molar-refractivity contribution in [2.45, 2.75) is 52.5 Å². The van der Waals surface area contributed by atoms with Crippen LogP contribution in [-0.2, 0) is 4.79 Å².